The number of nitrogens with one attached hydrogen (secondary N) is 1. The van der Waals surface area contributed by atoms with Gasteiger partial charge in [0.2, 0.25) is 11.8 Å². The zero-order chi connectivity index (χ0) is 16.1. The molecule has 5 nitrogen and oxygen atoms in total. The fraction of sp³-hybridized carbons (Fsp3) is 0.500. The van der Waals surface area contributed by atoms with Gasteiger partial charge in [-0.05, 0) is 31.0 Å². The number of benzene rings is 1. The Labute approximate surface area is 135 Å². The normalized spacial score (nSPS) is 14.7. The molecule has 0 aromatic heterocycles. The van der Waals surface area contributed by atoms with Crippen LogP contribution in [0.2, 0.25) is 5.02 Å². The molecular weight excluding hydrogens is 304 g/mol. The topological polar surface area (TPSA) is 58.6 Å². The highest BCUT2D eigenvalue weighted by molar-refractivity contribution is 6.31. The molecular formula is C16H21ClN2O3. The van der Waals surface area contributed by atoms with Crippen LogP contribution in [0.5, 0.6) is 5.75 Å². The van der Waals surface area contributed by atoms with Gasteiger partial charge in [0.05, 0.1) is 12.8 Å². The summed E-state index contributed by atoms with van der Waals surface area (Å²) in [5.41, 5.74) is 0.504. The molecule has 0 atom stereocenters. The Morgan fingerprint density at radius 1 is 1.36 bits per heavy atom. The van der Waals surface area contributed by atoms with Gasteiger partial charge in [-0.2, -0.15) is 0 Å². The number of carbonyl (C=O) groups excluding carboxylic acids is 2. The Balaban J connectivity index is 2.14. The Bertz CT molecular complexity index is 556. The van der Waals surface area contributed by atoms with Crippen molar-refractivity contribution >= 4 is 29.1 Å². The molecule has 0 spiro atoms. The van der Waals surface area contributed by atoms with Crippen LogP contribution in [0.15, 0.2) is 18.2 Å². The maximum Gasteiger partial charge on any atom is 0.240 e. The second-order valence-electron chi connectivity index (χ2n) is 5.47. The van der Waals surface area contributed by atoms with Crippen LogP contribution in [0.4, 0.5) is 5.69 Å². The summed E-state index contributed by atoms with van der Waals surface area (Å²) >= 11 is 6.00. The third-order valence-corrected chi connectivity index (χ3v) is 4.07. The zero-order valence-corrected chi connectivity index (χ0v) is 13.7. The Hall–Kier alpha value is -1.75. The molecule has 0 aliphatic heterocycles. The number of hydrogen-bond donors (Lipinski definition) is 1. The highest BCUT2D eigenvalue weighted by Gasteiger charge is 2.22. The molecule has 1 aromatic rings. The largest absolute Gasteiger partial charge is 0.495 e. The minimum atomic E-state index is -0.234. The third-order valence-electron chi connectivity index (χ3n) is 3.83. The summed E-state index contributed by atoms with van der Waals surface area (Å²) in [6.45, 7) is 1.38. The third kappa shape index (κ3) is 4.13. The molecule has 1 N–H and O–H groups in total. The number of methoxy groups -OCH3 is 1. The molecule has 0 heterocycles. The van der Waals surface area contributed by atoms with E-state index in [1.165, 1.54) is 18.9 Å². The van der Waals surface area contributed by atoms with Crippen LogP contribution in [0.1, 0.15) is 32.6 Å². The summed E-state index contributed by atoms with van der Waals surface area (Å²) in [6, 6.07) is 5.22. The lowest BCUT2D eigenvalue weighted by molar-refractivity contribution is -0.123. The Morgan fingerprint density at radius 2 is 2.05 bits per heavy atom. The molecule has 0 unspecified atom stereocenters. The van der Waals surface area contributed by atoms with Crippen LogP contribution in [0, 0.1) is 0 Å². The van der Waals surface area contributed by atoms with Crippen LogP contribution < -0.4 is 15.0 Å². The fourth-order valence-electron chi connectivity index (χ4n) is 2.73. The van der Waals surface area contributed by atoms with E-state index in [0.717, 1.165) is 25.7 Å². The maximum atomic E-state index is 12.2. The average molecular weight is 325 g/mol. The predicted molar refractivity (Wildman–Crippen MR) is 86.4 cm³/mol. The van der Waals surface area contributed by atoms with Gasteiger partial charge in [0.15, 0.2) is 0 Å². The van der Waals surface area contributed by atoms with Crippen molar-refractivity contribution in [3.8, 4) is 5.75 Å². The summed E-state index contributed by atoms with van der Waals surface area (Å²) in [5.74, 6) is 0.111. The second kappa shape index (κ2) is 7.49. The first-order valence-corrected chi connectivity index (χ1v) is 7.80. The lowest BCUT2D eigenvalue weighted by atomic mass is 10.2. The molecule has 1 aliphatic rings. The van der Waals surface area contributed by atoms with Crippen LogP contribution >= 0.6 is 11.6 Å². The number of anilines is 1. The summed E-state index contributed by atoms with van der Waals surface area (Å²) in [5, 5.41) is 3.46. The molecule has 1 aromatic carbocycles. The first-order chi connectivity index (χ1) is 10.5. The highest BCUT2D eigenvalue weighted by atomic mass is 35.5. The maximum absolute atomic E-state index is 12.2. The summed E-state index contributed by atoms with van der Waals surface area (Å²) in [4.78, 5) is 25.5. The van der Waals surface area contributed by atoms with Gasteiger partial charge in [-0.15, -0.1) is 0 Å². The van der Waals surface area contributed by atoms with E-state index in [0.29, 0.717) is 16.5 Å². The first-order valence-electron chi connectivity index (χ1n) is 7.42. The monoisotopic (exact) mass is 324 g/mol. The first kappa shape index (κ1) is 16.6. The van der Waals surface area contributed by atoms with Crippen molar-refractivity contribution in [2.24, 2.45) is 0 Å². The molecule has 0 bridgehead atoms. The quantitative estimate of drug-likeness (QED) is 0.906. The number of amides is 2. The molecule has 0 radical (unpaired) electrons. The van der Waals surface area contributed by atoms with E-state index in [1.807, 2.05) is 0 Å². The van der Waals surface area contributed by atoms with Crippen molar-refractivity contribution in [3.63, 3.8) is 0 Å². The second-order valence-corrected chi connectivity index (χ2v) is 5.91. The fourth-order valence-corrected chi connectivity index (χ4v) is 2.89. The minimum Gasteiger partial charge on any atom is -0.495 e. The molecule has 22 heavy (non-hydrogen) atoms. The molecule has 2 amide bonds. The molecule has 6 heteroatoms. The van der Waals surface area contributed by atoms with Gasteiger partial charge in [-0.1, -0.05) is 24.4 Å². The van der Waals surface area contributed by atoms with Crippen molar-refractivity contribution < 1.29 is 14.3 Å². The van der Waals surface area contributed by atoms with Crippen LogP contribution in [-0.4, -0.2) is 31.5 Å². The summed E-state index contributed by atoms with van der Waals surface area (Å²) < 4.78 is 5.26. The van der Waals surface area contributed by atoms with Crippen LogP contribution in [-0.2, 0) is 9.59 Å². The number of hydrogen-bond acceptors (Lipinski definition) is 3. The van der Waals surface area contributed by atoms with Crippen molar-refractivity contribution in [3.05, 3.63) is 23.2 Å². The smallest absolute Gasteiger partial charge is 0.240 e. The van der Waals surface area contributed by atoms with Crippen LogP contribution in [0.3, 0.4) is 0 Å². The van der Waals surface area contributed by atoms with E-state index in [1.54, 1.807) is 18.2 Å². The van der Waals surface area contributed by atoms with Gasteiger partial charge in [0.1, 0.15) is 12.3 Å². The number of nitrogens with zero attached hydrogens (tertiary/aromatic N) is 1. The summed E-state index contributed by atoms with van der Waals surface area (Å²) in [6.07, 6.45) is 4.30. The Kier molecular flexibility index (Phi) is 5.66. The molecule has 0 saturated heterocycles. The minimum absolute atomic E-state index is 0.0392. The Morgan fingerprint density at radius 3 is 2.64 bits per heavy atom. The predicted octanol–water partition coefficient (Wildman–Crippen LogP) is 2.76. The number of carbonyl (C=O) groups is 2. The summed E-state index contributed by atoms with van der Waals surface area (Å²) in [7, 11) is 1.52. The van der Waals surface area contributed by atoms with E-state index in [-0.39, 0.29) is 24.4 Å². The van der Waals surface area contributed by atoms with Gasteiger partial charge in [-0.3, -0.25) is 14.5 Å². The van der Waals surface area contributed by atoms with E-state index in [4.69, 9.17) is 16.3 Å². The highest BCUT2D eigenvalue weighted by Crippen LogP contribution is 2.31. The SMILES string of the molecule is COc1ccc(Cl)cc1N(CC(=O)NC1CCCC1)C(C)=O. The lowest BCUT2D eigenvalue weighted by Crippen LogP contribution is -2.43. The zero-order valence-electron chi connectivity index (χ0n) is 12.9. The van der Waals surface area contributed by atoms with Crippen molar-refractivity contribution in [1.29, 1.82) is 0 Å². The van der Waals surface area contributed by atoms with E-state index in [2.05, 4.69) is 5.32 Å². The van der Waals surface area contributed by atoms with Gasteiger partial charge in [0.25, 0.3) is 0 Å². The van der Waals surface area contributed by atoms with Gasteiger partial charge in [-0.25, -0.2) is 0 Å². The molecule has 1 aliphatic carbocycles. The number of rotatable bonds is 5. The standard InChI is InChI=1S/C16H21ClN2O3/c1-11(20)19(10-16(21)18-13-5-3-4-6-13)14-9-12(17)7-8-15(14)22-2/h7-9,13H,3-6,10H2,1-2H3,(H,18,21). The van der Waals surface area contributed by atoms with Gasteiger partial charge >= 0.3 is 0 Å². The van der Waals surface area contributed by atoms with Crippen molar-refractivity contribution in [1.82, 2.24) is 5.32 Å². The average Bonchev–Trinajstić information content (AvgIpc) is 2.97. The number of halogens is 1. The molecule has 1 saturated carbocycles. The molecule has 2 rings (SSSR count). The van der Waals surface area contributed by atoms with Crippen molar-refractivity contribution in [2.75, 3.05) is 18.6 Å². The van der Waals surface area contributed by atoms with E-state index >= 15 is 0 Å². The number of ether oxygens (including phenoxy) is 1. The van der Waals surface area contributed by atoms with E-state index in [9.17, 15) is 9.59 Å². The van der Waals surface area contributed by atoms with E-state index < -0.39 is 0 Å². The van der Waals surface area contributed by atoms with Crippen molar-refractivity contribution in [2.45, 2.75) is 38.6 Å². The lowest BCUT2D eigenvalue weighted by Gasteiger charge is -2.24. The van der Waals surface area contributed by atoms with Gasteiger partial charge < -0.3 is 10.1 Å². The van der Waals surface area contributed by atoms with Gasteiger partial charge in [0, 0.05) is 18.0 Å². The molecule has 1 fully saturated rings. The van der Waals surface area contributed by atoms with Crippen LogP contribution in [0.25, 0.3) is 0 Å². The molecule has 120 valence electrons.